The number of nitrogens with two attached hydrogens (primary N) is 1. The average Bonchev–Trinajstić information content (AvgIpc) is 2.46. The summed E-state index contributed by atoms with van der Waals surface area (Å²) in [6, 6.07) is 13.2. The van der Waals surface area contributed by atoms with E-state index in [2.05, 4.69) is 4.74 Å². The van der Waals surface area contributed by atoms with Crippen molar-refractivity contribution in [3.63, 3.8) is 0 Å². The smallest absolute Gasteiger partial charge is 0.387 e. The Morgan fingerprint density at radius 2 is 1.50 bits per heavy atom. The maximum atomic E-state index is 12.2. The fraction of sp³-hybridized carbons (Fsp3) is 0.200. The lowest BCUT2D eigenvalue weighted by atomic mass is 9.99. The highest BCUT2D eigenvalue weighted by atomic mass is 19.3. The van der Waals surface area contributed by atoms with Crippen molar-refractivity contribution in [2.75, 3.05) is 7.11 Å². The van der Waals surface area contributed by atoms with Gasteiger partial charge in [0.05, 0.1) is 13.2 Å². The Bertz CT molecular complexity index is 575. The fourth-order valence-corrected chi connectivity index (χ4v) is 1.91. The predicted molar refractivity (Wildman–Crippen MR) is 72.1 cm³/mol. The second-order valence-electron chi connectivity index (χ2n) is 4.21. The van der Waals surface area contributed by atoms with Gasteiger partial charge in [-0.05, 0) is 35.4 Å². The summed E-state index contributed by atoms with van der Waals surface area (Å²) < 4.78 is 33.9. The molecule has 106 valence electrons. The first-order chi connectivity index (χ1) is 9.60. The monoisotopic (exact) mass is 279 g/mol. The number of hydrogen-bond acceptors (Lipinski definition) is 3. The van der Waals surface area contributed by atoms with E-state index in [-0.39, 0.29) is 5.75 Å². The van der Waals surface area contributed by atoms with E-state index < -0.39 is 12.7 Å². The van der Waals surface area contributed by atoms with Gasteiger partial charge in [0.1, 0.15) is 11.5 Å². The lowest BCUT2D eigenvalue weighted by Crippen LogP contribution is -2.12. The van der Waals surface area contributed by atoms with Gasteiger partial charge in [-0.25, -0.2) is 0 Å². The molecule has 0 radical (unpaired) electrons. The minimum atomic E-state index is -2.85. The molecule has 0 heterocycles. The van der Waals surface area contributed by atoms with Crippen molar-refractivity contribution in [3.05, 3.63) is 59.7 Å². The van der Waals surface area contributed by atoms with Crippen LogP contribution < -0.4 is 15.2 Å². The normalized spacial score (nSPS) is 12.2. The molecule has 1 atom stereocenters. The van der Waals surface area contributed by atoms with Gasteiger partial charge in [0.15, 0.2) is 0 Å². The van der Waals surface area contributed by atoms with E-state index in [4.69, 9.17) is 10.5 Å². The molecule has 5 heteroatoms. The molecule has 2 N–H and O–H groups in total. The number of alkyl halides is 2. The highest BCUT2D eigenvalue weighted by Crippen LogP contribution is 2.26. The molecule has 2 rings (SSSR count). The van der Waals surface area contributed by atoms with Crippen LogP contribution in [-0.2, 0) is 0 Å². The van der Waals surface area contributed by atoms with Crippen LogP contribution in [0, 0.1) is 0 Å². The van der Waals surface area contributed by atoms with E-state index >= 15 is 0 Å². The van der Waals surface area contributed by atoms with Crippen LogP contribution in [0.25, 0.3) is 0 Å². The van der Waals surface area contributed by atoms with Crippen molar-refractivity contribution < 1.29 is 18.3 Å². The van der Waals surface area contributed by atoms with Gasteiger partial charge in [-0.2, -0.15) is 8.78 Å². The Morgan fingerprint density at radius 1 is 0.950 bits per heavy atom. The lowest BCUT2D eigenvalue weighted by Gasteiger charge is -2.15. The molecular weight excluding hydrogens is 264 g/mol. The third-order valence-electron chi connectivity index (χ3n) is 2.90. The standard InChI is InChI=1S/C15H15F2NO2/c1-19-12-6-2-4-10(8-12)14(18)11-5-3-7-13(9-11)20-15(16)17/h2-9,14-15H,18H2,1H3. The third kappa shape index (κ3) is 3.45. The van der Waals surface area contributed by atoms with Crippen molar-refractivity contribution in [2.45, 2.75) is 12.7 Å². The largest absolute Gasteiger partial charge is 0.497 e. The van der Waals surface area contributed by atoms with Gasteiger partial charge in [-0.1, -0.05) is 24.3 Å². The second kappa shape index (κ2) is 6.34. The number of rotatable bonds is 5. The van der Waals surface area contributed by atoms with Crippen LogP contribution in [0.3, 0.4) is 0 Å². The van der Waals surface area contributed by atoms with Gasteiger partial charge >= 0.3 is 6.61 Å². The van der Waals surface area contributed by atoms with E-state index in [1.54, 1.807) is 19.2 Å². The molecule has 0 aliphatic rings. The van der Waals surface area contributed by atoms with Crippen LogP contribution in [0.1, 0.15) is 17.2 Å². The molecule has 0 saturated heterocycles. The van der Waals surface area contributed by atoms with Crippen molar-refractivity contribution in [1.29, 1.82) is 0 Å². The molecule has 2 aromatic carbocycles. The number of methoxy groups -OCH3 is 1. The molecule has 0 saturated carbocycles. The van der Waals surface area contributed by atoms with Crippen molar-refractivity contribution in [2.24, 2.45) is 5.73 Å². The van der Waals surface area contributed by atoms with Gasteiger partial charge in [-0.15, -0.1) is 0 Å². The quantitative estimate of drug-likeness (QED) is 0.913. The number of ether oxygens (including phenoxy) is 2. The van der Waals surface area contributed by atoms with Crippen LogP contribution in [-0.4, -0.2) is 13.7 Å². The predicted octanol–water partition coefficient (Wildman–Crippen LogP) is 3.34. The zero-order valence-corrected chi connectivity index (χ0v) is 10.9. The van der Waals surface area contributed by atoms with Gasteiger partial charge in [-0.3, -0.25) is 0 Å². The van der Waals surface area contributed by atoms with Crippen LogP contribution in [0.15, 0.2) is 48.5 Å². The first-order valence-corrected chi connectivity index (χ1v) is 6.04. The van der Waals surface area contributed by atoms with Crippen LogP contribution in [0.5, 0.6) is 11.5 Å². The van der Waals surface area contributed by atoms with Crippen LogP contribution in [0.2, 0.25) is 0 Å². The zero-order chi connectivity index (χ0) is 14.5. The summed E-state index contributed by atoms with van der Waals surface area (Å²) in [6.45, 7) is -2.85. The summed E-state index contributed by atoms with van der Waals surface area (Å²) >= 11 is 0. The fourth-order valence-electron chi connectivity index (χ4n) is 1.91. The molecule has 0 aromatic heterocycles. The van der Waals surface area contributed by atoms with Crippen LogP contribution >= 0.6 is 0 Å². The van der Waals surface area contributed by atoms with Crippen molar-refractivity contribution in [1.82, 2.24) is 0 Å². The Labute approximate surface area is 115 Å². The third-order valence-corrected chi connectivity index (χ3v) is 2.90. The Balaban J connectivity index is 2.25. The zero-order valence-electron chi connectivity index (χ0n) is 10.9. The number of hydrogen-bond donors (Lipinski definition) is 1. The van der Waals surface area contributed by atoms with E-state index in [0.29, 0.717) is 11.3 Å². The second-order valence-corrected chi connectivity index (χ2v) is 4.21. The maximum Gasteiger partial charge on any atom is 0.387 e. The minimum absolute atomic E-state index is 0.0934. The SMILES string of the molecule is COc1cccc(C(N)c2cccc(OC(F)F)c2)c1. The Kier molecular flexibility index (Phi) is 4.53. The lowest BCUT2D eigenvalue weighted by molar-refractivity contribution is -0.0498. The first kappa shape index (κ1) is 14.3. The van der Waals surface area contributed by atoms with Crippen molar-refractivity contribution in [3.8, 4) is 11.5 Å². The van der Waals surface area contributed by atoms with E-state index in [1.807, 2.05) is 24.3 Å². The van der Waals surface area contributed by atoms with E-state index in [9.17, 15) is 8.78 Å². The topological polar surface area (TPSA) is 44.5 Å². The molecule has 1 unspecified atom stereocenters. The summed E-state index contributed by atoms with van der Waals surface area (Å²) in [5, 5.41) is 0. The summed E-state index contributed by atoms with van der Waals surface area (Å²) in [7, 11) is 1.57. The average molecular weight is 279 g/mol. The molecule has 0 amide bonds. The first-order valence-electron chi connectivity index (χ1n) is 6.04. The van der Waals surface area contributed by atoms with Gasteiger partial charge in [0.25, 0.3) is 0 Å². The summed E-state index contributed by atoms with van der Waals surface area (Å²) in [5.41, 5.74) is 7.66. The van der Waals surface area contributed by atoms with Gasteiger partial charge < -0.3 is 15.2 Å². The van der Waals surface area contributed by atoms with Gasteiger partial charge in [0.2, 0.25) is 0 Å². The summed E-state index contributed by atoms with van der Waals surface area (Å²) in [4.78, 5) is 0. The van der Waals surface area contributed by atoms with Crippen LogP contribution in [0.4, 0.5) is 8.78 Å². The summed E-state index contributed by atoms with van der Waals surface area (Å²) in [5.74, 6) is 0.786. The molecule has 2 aromatic rings. The highest BCUT2D eigenvalue weighted by molar-refractivity contribution is 5.39. The molecule has 20 heavy (non-hydrogen) atoms. The molecule has 0 aliphatic carbocycles. The van der Waals surface area contributed by atoms with E-state index in [0.717, 1.165) is 5.56 Å². The van der Waals surface area contributed by atoms with E-state index in [1.165, 1.54) is 12.1 Å². The summed E-state index contributed by atoms with van der Waals surface area (Å²) in [6.07, 6.45) is 0. The number of halogens is 2. The molecule has 3 nitrogen and oxygen atoms in total. The Morgan fingerprint density at radius 3 is 2.05 bits per heavy atom. The van der Waals surface area contributed by atoms with Gasteiger partial charge in [0, 0.05) is 0 Å². The molecule has 0 spiro atoms. The Hall–Kier alpha value is -2.14. The molecule has 0 fully saturated rings. The highest BCUT2D eigenvalue weighted by Gasteiger charge is 2.12. The minimum Gasteiger partial charge on any atom is -0.497 e. The molecule has 0 bridgehead atoms. The maximum absolute atomic E-state index is 12.2. The number of benzene rings is 2. The molecule has 0 aliphatic heterocycles. The molecular formula is C15H15F2NO2. The van der Waals surface area contributed by atoms with Crippen molar-refractivity contribution >= 4 is 0 Å².